The van der Waals surface area contributed by atoms with Gasteiger partial charge in [0.25, 0.3) is 5.91 Å². The Balaban J connectivity index is 3.63. The first kappa shape index (κ1) is 29.3. The molecule has 0 saturated heterocycles. The van der Waals surface area contributed by atoms with Crippen LogP contribution in [-0.4, -0.2) is 64.2 Å². The summed E-state index contributed by atoms with van der Waals surface area (Å²) in [6, 6.07) is 8.60. The van der Waals surface area contributed by atoms with Crippen molar-refractivity contribution in [3.8, 4) is 0 Å². The lowest BCUT2D eigenvalue weighted by Gasteiger charge is -2.37. The van der Waals surface area contributed by atoms with Crippen LogP contribution in [0.5, 0.6) is 0 Å². The zero-order valence-electron chi connectivity index (χ0n) is 20.6. The number of amides is 2. The number of nitro groups is 1. The monoisotopic (exact) mass is 494 g/mol. The number of ether oxygens (including phenoxy) is 2. The number of benzene rings is 1. The first-order valence-corrected chi connectivity index (χ1v) is 10.8. The second kappa shape index (κ2) is 11.6. The minimum Gasteiger partial charge on any atom is -0.462 e. The molecule has 13 nitrogen and oxygen atoms in total. The minimum atomic E-state index is -2.98. The van der Waals surface area contributed by atoms with Crippen LogP contribution in [0.15, 0.2) is 30.3 Å². The Morgan fingerprint density at radius 2 is 1.74 bits per heavy atom. The Bertz CT molecular complexity index is 945. The van der Waals surface area contributed by atoms with E-state index in [1.165, 1.54) is 27.7 Å². The maximum atomic E-state index is 13.7. The molecule has 0 aromatic heterocycles. The van der Waals surface area contributed by atoms with Gasteiger partial charge in [-0.2, -0.15) is 4.90 Å². The molecule has 1 aromatic rings. The quantitative estimate of drug-likeness (QED) is 0.0693. The van der Waals surface area contributed by atoms with Crippen LogP contribution in [0, 0.1) is 15.5 Å². The molecular weight excluding hydrogens is 460 g/mol. The van der Waals surface area contributed by atoms with E-state index in [2.05, 4.69) is 10.1 Å². The van der Waals surface area contributed by atoms with Crippen molar-refractivity contribution in [1.29, 1.82) is 5.41 Å². The van der Waals surface area contributed by atoms with Crippen molar-refractivity contribution in [2.24, 2.45) is 11.5 Å². The van der Waals surface area contributed by atoms with E-state index < -0.39 is 52.1 Å². The molecule has 13 heteroatoms. The predicted octanol–water partition coefficient (Wildman–Crippen LogP) is 1.12. The number of esters is 1. The summed E-state index contributed by atoms with van der Waals surface area (Å²) in [6.45, 7) is 5.76. The maximum absolute atomic E-state index is 13.7. The zero-order chi connectivity index (χ0) is 27.0. The first-order valence-electron chi connectivity index (χ1n) is 10.8. The number of guanidine groups is 1. The third-order valence-electron chi connectivity index (χ3n) is 4.88. The average Bonchev–Trinajstić information content (AvgIpc) is 2.73. The van der Waals surface area contributed by atoms with Gasteiger partial charge in [-0.15, -0.1) is 0 Å². The summed E-state index contributed by atoms with van der Waals surface area (Å²) in [4.78, 5) is 51.4. The molecule has 0 bridgehead atoms. The number of nitrogens with two attached hydrogens (primary N) is 2. The SMILES string of the molecule is COC(=O)[C@](CCCNC(=N)N)(N(C(=O)OC(C)(C)C)C(=O)[C@@](C)(N)Cc1ccccc1)[N+](=O)[O-]. The number of carbonyl (C=O) groups excluding carboxylic acids is 3. The van der Waals surface area contributed by atoms with Gasteiger partial charge in [0.05, 0.1) is 24.0 Å². The number of methoxy groups -OCH3 is 1. The van der Waals surface area contributed by atoms with Gasteiger partial charge in [-0.1, -0.05) is 30.3 Å². The topological polar surface area (TPSA) is 204 Å². The largest absolute Gasteiger partial charge is 0.462 e. The molecule has 0 spiro atoms. The molecule has 194 valence electrons. The Morgan fingerprint density at radius 3 is 2.20 bits per heavy atom. The first-order chi connectivity index (χ1) is 16.1. The third kappa shape index (κ3) is 7.64. The molecule has 0 unspecified atom stereocenters. The van der Waals surface area contributed by atoms with Gasteiger partial charge in [0.15, 0.2) is 5.96 Å². The third-order valence-corrected chi connectivity index (χ3v) is 4.88. The molecular formula is C22H34N6O7. The maximum Gasteiger partial charge on any atom is 0.423 e. The molecule has 35 heavy (non-hydrogen) atoms. The van der Waals surface area contributed by atoms with Gasteiger partial charge in [-0.3, -0.25) is 20.3 Å². The van der Waals surface area contributed by atoms with Crippen molar-refractivity contribution >= 4 is 23.9 Å². The molecule has 0 radical (unpaired) electrons. The molecule has 0 saturated carbocycles. The molecule has 2 amide bonds. The number of nitrogens with zero attached hydrogens (tertiary/aromatic N) is 2. The average molecular weight is 495 g/mol. The Kier molecular flexibility index (Phi) is 9.71. The molecule has 6 N–H and O–H groups in total. The lowest BCUT2D eigenvalue weighted by atomic mass is 9.90. The summed E-state index contributed by atoms with van der Waals surface area (Å²) in [7, 11) is 0.901. The number of carbonyl (C=O) groups is 3. The second-order valence-electron chi connectivity index (χ2n) is 9.21. The number of hydrogen-bond acceptors (Lipinski definition) is 9. The highest BCUT2D eigenvalue weighted by Gasteiger charge is 2.64. The van der Waals surface area contributed by atoms with Gasteiger partial charge in [0, 0.05) is 6.54 Å². The van der Waals surface area contributed by atoms with Crippen LogP contribution in [0.25, 0.3) is 0 Å². The summed E-state index contributed by atoms with van der Waals surface area (Å²) in [5, 5.41) is 22.1. The van der Waals surface area contributed by atoms with Crippen molar-refractivity contribution < 1.29 is 28.8 Å². The smallest absolute Gasteiger partial charge is 0.423 e. The van der Waals surface area contributed by atoms with E-state index in [1.807, 2.05) is 0 Å². The summed E-state index contributed by atoms with van der Waals surface area (Å²) >= 11 is 0. The molecule has 0 fully saturated rings. The van der Waals surface area contributed by atoms with Crippen LogP contribution >= 0.6 is 0 Å². The second-order valence-corrected chi connectivity index (χ2v) is 9.21. The number of nitrogens with one attached hydrogen (secondary N) is 2. The van der Waals surface area contributed by atoms with Gasteiger partial charge in [0.1, 0.15) is 5.60 Å². The molecule has 0 heterocycles. The Labute approximate surface area is 203 Å². The van der Waals surface area contributed by atoms with Gasteiger partial charge >= 0.3 is 17.7 Å². The van der Waals surface area contributed by atoms with E-state index in [0.717, 1.165) is 7.11 Å². The fourth-order valence-electron chi connectivity index (χ4n) is 3.33. The van der Waals surface area contributed by atoms with Crippen LogP contribution in [0.2, 0.25) is 0 Å². The fraction of sp³-hybridized carbons (Fsp3) is 0.545. The van der Waals surface area contributed by atoms with Crippen LogP contribution < -0.4 is 16.8 Å². The molecule has 1 aromatic carbocycles. The highest BCUT2D eigenvalue weighted by Crippen LogP contribution is 2.30. The van der Waals surface area contributed by atoms with E-state index >= 15 is 0 Å². The molecule has 2 atom stereocenters. The fourth-order valence-corrected chi connectivity index (χ4v) is 3.33. The highest BCUT2D eigenvalue weighted by molar-refractivity contribution is 6.02. The van der Waals surface area contributed by atoms with Crippen LogP contribution in [0.3, 0.4) is 0 Å². The van der Waals surface area contributed by atoms with Crippen molar-refractivity contribution in [2.45, 2.75) is 63.8 Å². The van der Waals surface area contributed by atoms with Crippen LogP contribution in [0.4, 0.5) is 4.79 Å². The lowest BCUT2D eigenvalue weighted by Crippen LogP contribution is -2.70. The number of rotatable bonds is 10. The number of hydrogen-bond donors (Lipinski definition) is 4. The van der Waals surface area contributed by atoms with Crippen LogP contribution in [-0.2, 0) is 25.5 Å². The van der Waals surface area contributed by atoms with E-state index in [4.69, 9.17) is 21.6 Å². The summed E-state index contributed by atoms with van der Waals surface area (Å²) in [5.74, 6) is -3.05. The normalized spacial score (nSPS) is 14.6. The molecule has 0 aliphatic heterocycles. The zero-order valence-corrected chi connectivity index (χ0v) is 20.6. The van der Waals surface area contributed by atoms with Gasteiger partial charge in [0.2, 0.25) is 0 Å². The summed E-state index contributed by atoms with van der Waals surface area (Å²) in [5.41, 5.74) is 6.18. The van der Waals surface area contributed by atoms with Crippen LogP contribution in [0.1, 0.15) is 46.1 Å². The van der Waals surface area contributed by atoms with E-state index in [-0.39, 0.29) is 24.3 Å². The molecule has 0 aliphatic carbocycles. The number of imide groups is 1. The Hall–Kier alpha value is -3.74. The van der Waals surface area contributed by atoms with E-state index in [1.54, 1.807) is 30.3 Å². The summed E-state index contributed by atoms with van der Waals surface area (Å²) < 4.78 is 9.98. The van der Waals surface area contributed by atoms with Gasteiger partial charge < -0.3 is 26.3 Å². The van der Waals surface area contributed by atoms with Crippen molar-refractivity contribution in [3.05, 3.63) is 46.0 Å². The lowest BCUT2D eigenvalue weighted by molar-refractivity contribution is -0.578. The van der Waals surface area contributed by atoms with Crippen molar-refractivity contribution in [2.75, 3.05) is 13.7 Å². The molecule has 1 rings (SSSR count). The van der Waals surface area contributed by atoms with E-state index in [9.17, 15) is 24.5 Å². The summed E-state index contributed by atoms with van der Waals surface area (Å²) in [6.07, 6.45) is -2.30. The molecule has 0 aliphatic rings. The van der Waals surface area contributed by atoms with Crippen molar-refractivity contribution in [3.63, 3.8) is 0 Å². The van der Waals surface area contributed by atoms with Crippen molar-refractivity contribution in [1.82, 2.24) is 10.2 Å². The van der Waals surface area contributed by atoms with Gasteiger partial charge in [-0.25, -0.2) is 9.59 Å². The Morgan fingerprint density at radius 1 is 1.17 bits per heavy atom. The predicted molar refractivity (Wildman–Crippen MR) is 127 cm³/mol. The standard InChI is InChI=1S/C22H34N6O7/c1-20(2,3)35-19(31)27(16(29)21(4,25)14-15-10-7-6-8-11-15)22(28(32)33,17(30)34-5)12-9-13-26-18(23)24/h6-8,10-11H,9,12-14,25H2,1-5H3,(H4,23,24,26)/t21-,22+/m0/s1. The van der Waals surface area contributed by atoms with E-state index in [0.29, 0.717) is 5.56 Å². The highest BCUT2D eigenvalue weighted by atomic mass is 16.7. The van der Waals surface area contributed by atoms with Gasteiger partial charge in [-0.05, 0) is 46.1 Å². The minimum absolute atomic E-state index is 0.0534.